The average Bonchev–Trinajstić information content (AvgIpc) is 2.98. The number of nitrogens with zero attached hydrogens (tertiary/aromatic N) is 2. The fourth-order valence-electron chi connectivity index (χ4n) is 6.51. The zero-order valence-corrected chi connectivity index (χ0v) is 17.9. The van der Waals surface area contributed by atoms with Gasteiger partial charge in [-0.15, -0.1) is 0 Å². The third-order valence-electron chi connectivity index (χ3n) is 7.22. The smallest absolute Gasteiger partial charge is 0.269 e. The van der Waals surface area contributed by atoms with Gasteiger partial charge in [-0.1, -0.05) is 0 Å². The molecule has 0 saturated heterocycles. The van der Waals surface area contributed by atoms with Gasteiger partial charge in [0, 0.05) is 17.6 Å². The van der Waals surface area contributed by atoms with Gasteiger partial charge in [0.2, 0.25) is 0 Å². The number of aryl methyl sites for hydroxylation is 2. The van der Waals surface area contributed by atoms with Crippen LogP contribution in [0.4, 0.5) is 0 Å². The second-order valence-electron chi connectivity index (χ2n) is 9.34. The summed E-state index contributed by atoms with van der Waals surface area (Å²) in [5.74, 6) is 3.31. The lowest BCUT2D eigenvalue weighted by Gasteiger charge is -2.57. The number of fused-ring (bicyclic) bond motifs is 1. The molecule has 4 fully saturated rings. The molecule has 4 bridgehead atoms. The molecule has 4 aliphatic carbocycles. The van der Waals surface area contributed by atoms with Crippen LogP contribution in [0.1, 0.15) is 61.6 Å². The summed E-state index contributed by atoms with van der Waals surface area (Å²) in [5, 5.41) is 4.09. The van der Waals surface area contributed by atoms with E-state index >= 15 is 0 Å². The van der Waals surface area contributed by atoms with Crippen molar-refractivity contribution < 1.29 is 4.79 Å². The Morgan fingerprint density at radius 2 is 1.83 bits per heavy atom. The molecule has 0 aliphatic heterocycles. The average molecular weight is 412 g/mol. The number of rotatable bonds is 3. The Labute approximate surface area is 176 Å². The Morgan fingerprint density at radius 3 is 2.45 bits per heavy atom. The van der Waals surface area contributed by atoms with Crippen LogP contribution in [0.5, 0.6) is 0 Å². The molecule has 0 radical (unpaired) electrons. The Bertz CT molecular complexity index is 946. The fourth-order valence-corrected chi connectivity index (χ4v) is 6.78. The van der Waals surface area contributed by atoms with Gasteiger partial charge in [0.05, 0.1) is 11.0 Å². The SMILES string of the molecule is CCn1c(C)nc2cc(C(=O)NNC(=S)NC34CC5CC(CC(C5)C3)C4)ccc21. The Morgan fingerprint density at radius 1 is 1.17 bits per heavy atom. The van der Waals surface area contributed by atoms with Crippen LogP contribution in [0.3, 0.4) is 0 Å². The number of hydrazine groups is 1. The van der Waals surface area contributed by atoms with Gasteiger partial charge in [0.1, 0.15) is 5.82 Å². The molecule has 6 nitrogen and oxygen atoms in total. The molecule has 0 atom stereocenters. The van der Waals surface area contributed by atoms with Gasteiger partial charge in [-0.25, -0.2) is 4.98 Å². The molecule has 7 heteroatoms. The molecule has 1 aromatic carbocycles. The number of imidazole rings is 1. The molecular formula is C22H29N5OS. The Balaban J connectivity index is 1.22. The van der Waals surface area contributed by atoms with E-state index in [1.165, 1.54) is 38.5 Å². The van der Waals surface area contributed by atoms with Crippen LogP contribution in [0.25, 0.3) is 11.0 Å². The highest BCUT2D eigenvalue weighted by atomic mass is 32.1. The van der Waals surface area contributed by atoms with Gasteiger partial charge in [-0.2, -0.15) is 0 Å². The zero-order chi connectivity index (χ0) is 20.2. The van der Waals surface area contributed by atoms with Crippen molar-refractivity contribution in [3.63, 3.8) is 0 Å². The molecule has 1 aromatic heterocycles. The second-order valence-corrected chi connectivity index (χ2v) is 9.75. The van der Waals surface area contributed by atoms with Crippen molar-refractivity contribution in [2.45, 2.75) is 64.5 Å². The summed E-state index contributed by atoms with van der Waals surface area (Å²) in [7, 11) is 0. The molecule has 154 valence electrons. The number of amides is 1. The maximum absolute atomic E-state index is 12.6. The van der Waals surface area contributed by atoms with E-state index in [1.54, 1.807) is 0 Å². The van der Waals surface area contributed by atoms with Crippen molar-refractivity contribution in [1.29, 1.82) is 0 Å². The summed E-state index contributed by atoms with van der Waals surface area (Å²) < 4.78 is 2.14. The maximum atomic E-state index is 12.6. The molecular weight excluding hydrogens is 382 g/mol. The predicted octanol–water partition coefficient (Wildman–Crippen LogP) is 3.44. The molecule has 3 N–H and O–H groups in total. The summed E-state index contributed by atoms with van der Waals surface area (Å²) in [6.45, 7) is 4.94. The van der Waals surface area contributed by atoms with Gasteiger partial charge in [0.25, 0.3) is 5.91 Å². The first kappa shape index (κ1) is 18.9. The van der Waals surface area contributed by atoms with Crippen molar-refractivity contribution in [3.8, 4) is 0 Å². The normalized spacial score (nSPS) is 29.8. The number of carbonyl (C=O) groups excluding carboxylic acids is 1. The highest BCUT2D eigenvalue weighted by Crippen LogP contribution is 2.55. The minimum absolute atomic E-state index is 0.132. The molecule has 4 saturated carbocycles. The van der Waals surface area contributed by atoms with Crippen LogP contribution < -0.4 is 16.2 Å². The number of hydrogen-bond donors (Lipinski definition) is 3. The van der Waals surface area contributed by atoms with Gasteiger partial charge in [-0.05, 0) is 101 Å². The summed E-state index contributed by atoms with van der Waals surface area (Å²) in [6.07, 6.45) is 7.83. The van der Waals surface area contributed by atoms with Crippen LogP contribution in [0.15, 0.2) is 18.2 Å². The second kappa shape index (κ2) is 6.97. The zero-order valence-electron chi connectivity index (χ0n) is 17.1. The van der Waals surface area contributed by atoms with E-state index in [9.17, 15) is 4.79 Å². The number of hydrogen-bond acceptors (Lipinski definition) is 3. The van der Waals surface area contributed by atoms with Gasteiger partial charge in [0.15, 0.2) is 5.11 Å². The van der Waals surface area contributed by atoms with Crippen molar-refractivity contribution in [2.75, 3.05) is 0 Å². The molecule has 6 rings (SSSR count). The van der Waals surface area contributed by atoms with E-state index in [4.69, 9.17) is 12.2 Å². The molecule has 1 heterocycles. The first-order chi connectivity index (χ1) is 13.9. The van der Waals surface area contributed by atoms with E-state index < -0.39 is 0 Å². The standard InChI is InChI=1S/C22H29N5OS/c1-3-27-13(2)23-18-9-17(4-5-19(18)27)20(28)25-26-21(29)24-22-10-14-6-15(11-22)8-16(7-14)12-22/h4-5,9,14-16H,3,6-8,10-12H2,1-2H3,(H,25,28)(H2,24,26,29). The number of nitrogens with one attached hydrogen (secondary N) is 3. The molecule has 0 unspecified atom stereocenters. The lowest BCUT2D eigenvalue weighted by atomic mass is 9.53. The lowest BCUT2D eigenvalue weighted by molar-refractivity contribution is -0.0102. The maximum Gasteiger partial charge on any atom is 0.269 e. The number of thiocarbonyl (C=S) groups is 1. The topological polar surface area (TPSA) is 71.0 Å². The molecule has 29 heavy (non-hydrogen) atoms. The van der Waals surface area contributed by atoms with Gasteiger partial charge >= 0.3 is 0 Å². The monoisotopic (exact) mass is 411 g/mol. The van der Waals surface area contributed by atoms with E-state index in [2.05, 4.69) is 32.6 Å². The minimum atomic E-state index is -0.203. The summed E-state index contributed by atoms with van der Waals surface area (Å²) in [4.78, 5) is 17.2. The van der Waals surface area contributed by atoms with Crippen molar-refractivity contribution in [3.05, 3.63) is 29.6 Å². The number of aromatic nitrogens is 2. The number of benzene rings is 1. The third-order valence-corrected chi connectivity index (χ3v) is 7.43. The fraction of sp³-hybridized carbons (Fsp3) is 0.591. The predicted molar refractivity (Wildman–Crippen MR) is 117 cm³/mol. The first-order valence-electron chi connectivity index (χ1n) is 10.8. The largest absolute Gasteiger partial charge is 0.356 e. The van der Waals surface area contributed by atoms with Gasteiger partial charge < -0.3 is 9.88 Å². The molecule has 0 spiro atoms. The minimum Gasteiger partial charge on any atom is -0.356 e. The van der Waals surface area contributed by atoms with E-state index in [0.29, 0.717) is 10.7 Å². The van der Waals surface area contributed by atoms with E-state index in [-0.39, 0.29) is 11.4 Å². The molecule has 1 amide bonds. The van der Waals surface area contributed by atoms with Crippen LogP contribution in [0, 0.1) is 24.7 Å². The summed E-state index contributed by atoms with van der Waals surface area (Å²) in [6, 6.07) is 5.63. The van der Waals surface area contributed by atoms with Crippen molar-refractivity contribution >= 4 is 34.3 Å². The third kappa shape index (κ3) is 3.39. The summed E-state index contributed by atoms with van der Waals surface area (Å²) >= 11 is 5.52. The van der Waals surface area contributed by atoms with Crippen LogP contribution in [0.2, 0.25) is 0 Å². The lowest BCUT2D eigenvalue weighted by Crippen LogP contribution is -2.62. The van der Waals surface area contributed by atoms with Crippen LogP contribution in [-0.4, -0.2) is 26.1 Å². The quantitative estimate of drug-likeness (QED) is 0.533. The Hall–Kier alpha value is -2.15. The molecule has 2 aromatic rings. The van der Waals surface area contributed by atoms with Crippen molar-refractivity contribution in [1.82, 2.24) is 25.7 Å². The highest BCUT2D eigenvalue weighted by Gasteiger charge is 2.51. The number of carbonyl (C=O) groups is 1. The van der Waals surface area contributed by atoms with Crippen LogP contribution in [-0.2, 0) is 6.54 Å². The Kier molecular flexibility index (Phi) is 4.53. The van der Waals surface area contributed by atoms with E-state index in [0.717, 1.165) is 41.2 Å². The first-order valence-corrected chi connectivity index (χ1v) is 11.2. The molecule has 4 aliphatic rings. The summed E-state index contributed by atoms with van der Waals surface area (Å²) in [5.41, 5.74) is 8.27. The van der Waals surface area contributed by atoms with Crippen molar-refractivity contribution in [2.24, 2.45) is 17.8 Å². The van der Waals surface area contributed by atoms with Gasteiger partial charge in [-0.3, -0.25) is 15.6 Å². The highest BCUT2D eigenvalue weighted by molar-refractivity contribution is 7.80. The van der Waals surface area contributed by atoms with Crippen LogP contribution >= 0.6 is 12.2 Å². The van der Waals surface area contributed by atoms with E-state index in [1.807, 2.05) is 25.1 Å².